The van der Waals surface area contributed by atoms with E-state index < -0.39 is 5.91 Å². The van der Waals surface area contributed by atoms with Crippen molar-refractivity contribution < 1.29 is 19.1 Å². The Hall–Kier alpha value is -3.39. The zero-order valence-electron chi connectivity index (χ0n) is 16.6. The number of carbonyl (C=O) groups is 2. The molecule has 0 unspecified atom stereocenters. The van der Waals surface area contributed by atoms with Crippen LogP contribution >= 0.6 is 11.6 Å². The average Bonchev–Trinajstić information content (AvgIpc) is 3.43. The van der Waals surface area contributed by atoms with Crippen molar-refractivity contribution in [3.63, 3.8) is 0 Å². The van der Waals surface area contributed by atoms with Crippen LogP contribution in [0.4, 0.5) is 0 Å². The minimum absolute atomic E-state index is 0.116. The highest BCUT2D eigenvalue weighted by atomic mass is 35.5. The van der Waals surface area contributed by atoms with Crippen LogP contribution in [0.15, 0.2) is 53.3 Å². The van der Waals surface area contributed by atoms with Gasteiger partial charge in [0.05, 0.1) is 24.5 Å². The molecule has 0 saturated carbocycles. The predicted molar refractivity (Wildman–Crippen MR) is 113 cm³/mol. The van der Waals surface area contributed by atoms with E-state index >= 15 is 0 Å². The number of hydrogen-bond donors (Lipinski definition) is 2. The molecule has 2 aromatic heterocycles. The topological polar surface area (TPSA) is 109 Å². The number of oxazole rings is 1. The smallest absolute Gasteiger partial charge is 0.253 e. The second-order valence-corrected chi connectivity index (χ2v) is 7.70. The Balaban J connectivity index is 1.38. The van der Waals surface area contributed by atoms with Crippen LogP contribution in [0.5, 0.6) is 5.75 Å². The molecule has 160 valence electrons. The summed E-state index contributed by atoms with van der Waals surface area (Å²) in [6.45, 7) is 0.396. The third-order valence-corrected chi connectivity index (χ3v) is 5.51. The van der Waals surface area contributed by atoms with Crippen LogP contribution < -0.4 is 5.32 Å². The van der Waals surface area contributed by atoms with Crippen molar-refractivity contribution in [2.75, 3.05) is 13.1 Å². The number of nitrogens with zero attached hydrogens (tertiary/aromatic N) is 3. The summed E-state index contributed by atoms with van der Waals surface area (Å²) in [7, 11) is 0. The Morgan fingerprint density at radius 1 is 1.26 bits per heavy atom. The zero-order valence-corrected chi connectivity index (χ0v) is 17.4. The highest BCUT2D eigenvalue weighted by molar-refractivity contribution is 6.31. The van der Waals surface area contributed by atoms with Gasteiger partial charge in [0.15, 0.2) is 0 Å². The van der Waals surface area contributed by atoms with Crippen molar-refractivity contribution in [3.8, 4) is 5.75 Å². The van der Waals surface area contributed by atoms with Gasteiger partial charge in [-0.3, -0.25) is 14.6 Å². The normalized spacial score (nSPS) is 15.8. The number of benzene rings is 1. The molecule has 0 spiro atoms. The van der Waals surface area contributed by atoms with E-state index in [-0.39, 0.29) is 29.8 Å². The van der Waals surface area contributed by atoms with E-state index in [1.165, 1.54) is 18.5 Å². The fourth-order valence-electron chi connectivity index (χ4n) is 3.62. The molecule has 2 N–H and O–H groups in total. The summed E-state index contributed by atoms with van der Waals surface area (Å²) >= 11 is 6.22. The maximum absolute atomic E-state index is 12.7. The molecule has 3 aromatic rings. The third-order valence-electron chi connectivity index (χ3n) is 5.14. The van der Waals surface area contributed by atoms with E-state index in [9.17, 15) is 14.7 Å². The molecule has 1 fully saturated rings. The first-order valence-electron chi connectivity index (χ1n) is 9.91. The highest BCUT2D eigenvalue weighted by Gasteiger charge is 2.33. The van der Waals surface area contributed by atoms with Crippen molar-refractivity contribution in [2.24, 2.45) is 0 Å². The molecule has 1 aliphatic heterocycles. The number of likely N-dealkylation sites (tertiary alicyclic amines) is 1. The summed E-state index contributed by atoms with van der Waals surface area (Å²) in [5, 5.41) is 12.7. The van der Waals surface area contributed by atoms with Crippen LogP contribution in [-0.2, 0) is 11.2 Å². The van der Waals surface area contributed by atoms with Crippen molar-refractivity contribution in [2.45, 2.75) is 25.3 Å². The summed E-state index contributed by atoms with van der Waals surface area (Å²) < 4.78 is 5.93. The van der Waals surface area contributed by atoms with Gasteiger partial charge in [-0.25, -0.2) is 4.98 Å². The number of carbonyl (C=O) groups excluding carboxylic acids is 2. The number of nitrogens with one attached hydrogen (secondary N) is 1. The monoisotopic (exact) mass is 440 g/mol. The van der Waals surface area contributed by atoms with E-state index in [0.29, 0.717) is 29.6 Å². The van der Waals surface area contributed by atoms with Crippen molar-refractivity contribution >= 4 is 23.4 Å². The largest absolute Gasteiger partial charge is 0.506 e. The number of rotatable bonds is 6. The summed E-state index contributed by atoms with van der Waals surface area (Å²) in [5.74, 6) is 0.332. The molecule has 4 rings (SSSR count). The van der Waals surface area contributed by atoms with Gasteiger partial charge in [0, 0.05) is 24.2 Å². The van der Waals surface area contributed by atoms with Gasteiger partial charge in [-0.05, 0) is 30.5 Å². The lowest BCUT2D eigenvalue weighted by Gasteiger charge is -2.22. The molecule has 8 nitrogen and oxygen atoms in total. The van der Waals surface area contributed by atoms with Crippen molar-refractivity contribution in [3.05, 3.63) is 76.7 Å². The van der Waals surface area contributed by atoms with Crippen LogP contribution in [-0.4, -0.2) is 44.9 Å². The molecule has 0 aliphatic carbocycles. The van der Waals surface area contributed by atoms with E-state index in [0.717, 1.165) is 18.4 Å². The predicted octanol–water partition coefficient (Wildman–Crippen LogP) is 3.11. The number of hydrogen-bond acceptors (Lipinski definition) is 6. The molecule has 2 amide bonds. The number of aromatic nitrogens is 2. The number of aromatic hydroxyl groups is 1. The molecular formula is C22H21ClN4O4. The Kier molecular flexibility index (Phi) is 6.18. The Labute approximate surface area is 183 Å². The minimum atomic E-state index is -0.481. The summed E-state index contributed by atoms with van der Waals surface area (Å²) in [6, 6.07) is 8.56. The maximum atomic E-state index is 12.7. The molecule has 0 radical (unpaired) electrons. The van der Waals surface area contributed by atoms with Crippen LogP contribution in [0.25, 0.3) is 0 Å². The molecule has 1 saturated heterocycles. The molecular weight excluding hydrogens is 420 g/mol. The van der Waals surface area contributed by atoms with Gasteiger partial charge >= 0.3 is 0 Å². The molecule has 9 heteroatoms. The number of amides is 2. The second-order valence-electron chi connectivity index (χ2n) is 7.29. The fourth-order valence-corrected chi connectivity index (χ4v) is 3.82. The van der Waals surface area contributed by atoms with E-state index in [4.69, 9.17) is 16.0 Å². The lowest BCUT2D eigenvalue weighted by Crippen LogP contribution is -2.40. The molecule has 3 heterocycles. The first kappa shape index (κ1) is 20.9. The van der Waals surface area contributed by atoms with Gasteiger partial charge in [-0.2, -0.15) is 0 Å². The first-order chi connectivity index (χ1) is 15.0. The van der Waals surface area contributed by atoms with Crippen molar-refractivity contribution in [1.29, 1.82) is 0 Å². The quantitative estimate of drug-likeness (QED) is 0.609. The summed E-state index contributed by atoms with van der Waals surface area (Å²) in [5.41, 5.74) is 1.12. The standard InChI is InChI=1S/C22H21ClN4O4/c23-18-5-2-1-4-14(18)9-17-12-26-22(31-17)19-6-3-7-27(19)20(29)13-25-21(30)15-8-16(28)11-24-10-15/h1-2,4-5,8,10-12,19,28H,3,6-7,9,13H2,(H,25,30)/t19-/m0/s1. The van der Waals surface area contributed by atoms with E-state index in [1.54, 1.807) is 11.1 Å². The molecule has 1 atom stereocenters. The second kappa shape index (κ2) is 9.18. The van der Waals surface area contributed by atoms with Gasteiger partial charge in [0.2, 0.25) is 11.8 Å². The first-order valence-corrected chi connectivity index (χ1v) is 10.3. The van der Waals surface area contributed by atoms with E-state index in [2.05, 4.69) is 15.3 Å². The van der Waals surface area contributed by atoms with Gasteiger partial charge in [-0.15, -0.1) is 0 Å². The van der Waals surface area contributed by atoms with Gasteiger partial charge in [-0.1, -0.05) is 29.8 Å². The Morgan fingerprint density at radius 3 is 2.90 bits per heavy atom. The average molecular weight is 441 g/mol. The molecule has 0 bridgehead atoms. The highest BCUT2D eigenvalue weighted by Crippen LogP contribution is 2.32. The van der Waals surface area contributed by atoms with Gasteiger partial charge in [0.25, 0.3) is 5.91 Å². The SMILES string of the molecule is O=C(NCC(=O)N1CCC[C@H]1c1ncc(Cc2ccccc2Cl)o1)c1cncc(O)c1. The lowest BCUT2D eigenvalue weighted by molar-refractivity contribution is -0.131. The third kappa shape index (κ3) is 4.86. The van der Waals surface area contributed by atoms with Crippen LogP contribution in [0.2, 0.25) is 5.02 Å². The van der Waals surface area contributed by atoms with Gasteiger partial charge < -0.3 is 19.7 Å². The van der Waals surface area contributed by atoms with Crippen LogP contribution in [0.1, 0.15) is 46.5 Å². The van der Waals surface area contributed by atoms with E-state index in [1.807, 2.05) is 24.3 Å². The molecule has 1 aromatic carbocycles. The summed E-state index contributed by atoms with van der Waals surface area (Å²) in [6.07, 6.45) is 6.29. The number of halogens is 1. The van der Waals surface area contributed by atoms with Crippen LogP contribution in [0, 0.1) is 0 Å². The summed E-state index contributed by atoms with van der Waals surface area (Å²) in [4.78, 5) is 34.8. The molecule has 1 aliphatic rings. The Morgan fingerprint density at radius 2 is 2.10 bits per heavy atom. The van der Waals surface area contributed by atoms with Crippen molar-refractivity contribution in [1.82, 2.24) is 20.2 Å². The Bertz CT molecular complexity index is 1100. The van der Waals surface area contributed by atoms with Crippen LogP contribution in [0.3, 0.4) is 0 Å². The number of pyridine rings is 1. The maximum Gasteiger partial charge on any atom is 0.253 e. The zero-order chi connectivity index (χ0) is 21.8. The fraction of sp³-hybridized carbons (Fsp3) is 0.273. The lowest BCUT2D eigenvalue weighted by atomic mass is 10.1. The minimum Gasteiger partial charge on any atom is -0.506 e. The van der Waals surface area contributed by atoms with Gasteiger partial charge in [0.1, 0.15) is 17.6 Å². The molecule has 31 heavy (non-hydrogen) atoms.